The third-order valence-electron chi connectivity index (χ3n) is 4.12. The van der Waals surface area contributed by atoms with Crippen molar-refractivity contribution in [2.45, 2.75) is 32.1 Å². The number of thioether (sulfide) groups is 1. The number of methoxy groups -OCH3 is 1. The second-order valence-electron chi connectivity index (χ2n) is 6.07. The van der Waals surface area contributed by atoms with E-state index in [0.717, 1.165) is 17.5 Å². The van der Waals surface area contributed by atoms with E-state index in [1.807, 2.05) is 19.1 Å². The number of hydrogen-bond acceptors (Lipinski definition) is 4. The van der Waals surface area contributed by atoms with E-state index in [1.165, 1.54) is 24.4 Å². The molecule has 4 nitrogen and oxygen atoms in total. The van der Waals surface area contributed by atoms with Gasteiger partial charge in [-0.05, 0) is 42.2 Å². The van der Waals surface area contributed by atoms with Gasteiger partial charge in [0.25, 0.3) is 0 Å². The standard InChI is InChI=1S/C21H25NO3S/c1-4-16-8-10-18(11-9-16)15(2)22-20(23)14-26-13-17-6-5-7-19(12-17)21(24)25-3/h5-12,15H,4,13-14H2,1-3H3,(H,22,23)/t15-/m0/s1. The van der Waals surface area contributed by atoms with Crippen LogP contribution in [-0.4, -0.2) is 24.7 Å². The Balaban J connectivity index is 1.80. The number of amides is 1. The molecule has 138 valence electrons. The van der Waals surface area contributed by atoms with Crippen molar-refractivity contribution in [2.75, 3.05) is 12.9 Å². The first kappa shape index (κ1) is 20.0. The molecule has 1 N–H and O–H groups in total. The number of aryl methyl sites for hydroxylation is 1. The van der Waals surface area contributed by atoms with E-state index in [0.29, 0.717) is 17.1 Å². The molecule has 1 atom stereocenters. The highest BCUT2D eigenvalue weighted by molar-refractivity contribution is 7.99. The van der Waals surface area contributed by atoms with Gasteiger partial charge in [-0.25, -0.2) is 4.79 Å². The normalized spacial score (nSPS) is 11.7. The third kappa shape index (κ3) is 5.92. The molecule has 0 fully saturated rings. The first-order valence-corrected chi connectivity index (χ1v) is 9.82. The van der Waals surface area contributed by atoms with Crippen LogP contribution < -0.4 is 5.32 Å². The fourth-order valence-electron chi connectivity index (χ4n) is 2.58. The molecule has 0 aromatic heterocycles. The lowest BCUT2D eigenvalue weighted by molar-refractivity contribution is -0.119. The molecular formula is C21H25NO3S. The number of hydrogen-bond donors (Lipinski definition) is 1. The Labute approximate surface area is 159 Å². The monoisotopic (exact) mass is 371 g/mol. The summed E-state index contributed by atoms with van der Waals surface area (Å²) in [6.45, 7) is 4.11. The van der Waals surface area contributed by atoms with Crippen molar-refractivity contribution in [1.29, 1.82) is 0 Å². The molecule has 2 aromatic carbocycles. The molecule has 0 heterocycles. The average molecular weight is 372 g/mol. The SMILES string of the molecule is CCc1ccc([C@H](C)NC(=O)CSCc2cccc(C(=O)OC)c2)cc1. The summed E-state index contributed by atoms with van der Waals surface area (Å²) in [5, 5.41) is 3.02. The lowest BCUT2D eigenvalue weighted by atomic mass is 10.1. The van der Waals surface area contributed by atoms with Crippen molar-refractivity contribution in [3.05, 3.63) is 70.8 Å². The maximum absolute atomic E-state index is 12.2. The van der Waals surface area contributed by atoms with Gasteiger partial charge in [0.15, 0.2) is 0 Å². The zero-order chi connectivity index (χ0) is 18.9. The molecule has 0 aliphatic carbocycles. The van der Waals surface area contributed by atoms with Gasteiger partial charge in [0.05, 0.1) is 24.5 Å². The lowest BCUT2D eigenvalue weighted by Crippen LogP contribution is -2.28. The molecule has 0 aliphatic rings. The minimum absolute atomic E-state index is 0.00573. The molecule has 2 rings (SSSR count). The van der Waals surface area contributed by atoms with Crippen LogP contribution >= 0.6 is 11.8 Å². The van der Waals surface area contributed by atoms with Crippen molar-refractivity contribution in [3.63, 3.8) is 0 Å². The van der Waals surface area contributed by atoms with E-state index < -0.39 is 0 Å². The van der Waals surface area contributed by atoms with Gasteiger partial charge in [-0.1, -0.05) is 43.3 Å². The minimum Gasteiger partial charge on any atom is -0.465 e. The van der Waals surface area contributed by atoms with Gasteiger partial charge in [0.2, 0.25) is 5.91 Å². The van der Waals surface area contributed by atoms with Gasteiger partial charge in [0, 0.05) is 5.75 Å². The van der Waals surface area contributed by atoms with Gasteiger partial charge in [-0.3, -0.25) is 4.79 Å². The van der Waals surface area contributed by atoms with E-state index in [-0.39, 0.29) is 17.9 Å². The van der Waals surface area contributed by atoms with Crippen molar-refractivity contribution >= 4 is 23.6 Å². The molecular weight excluding hydrogens is 346 g/mol. The van der Waals surface area contributed by atoms with Gasteiger partial charge >= 0.3 is 5.97 Å². The molecule has 0 unspecified atom stereocenters. The van der Waals surface area contributed by atoms with E-state index in [2.05, 4.69) is 36.5 Å². The molecule has 0 bridgehead atoms. The van der Waals surface area contributed by atoms with Gasteiger partial charge < -0.3 is 10.1 Å². The Morgan fingerprint density at radius 2 is 1.85 bits per heavy atom. The molecule has 0 spiro atoms. The quantitative estimate of drug-likeness (QED) is 0.709. The zero-order valence-electron chi connectivity index (χ0n) is 15.5. The Morgan fingerprint density at radius 1 is 1.12 bits per heavy atom. The van der Waals surface area contributed by atoms with Crippen LogP contribution in [0.5, 0.6) is 0 Å². The molecule has 26 heavy (non-hydrogen) atoms. The number of nitrogens with one attached hydrogen (secondary N) is 1. The summed E-state index contributed by atoms with van der Waals surface area (Å²) in [4.78, 5) is 23.7. The van der Waals surface area contributed by atoms with Crippen molar-refractivity contribution < 1.29 is 14.3 Å². The number of esters is 1. The van der Waals surface area contributed by atoms with E-state index in [4.69, 9.17) is 4.74 Å². The summed E-state index contributed by atoms with van der Waals surface area (Å²) in [6.07, 6.45) is 1.01. The fraction of sp³-hybridized carbons (Fsp3) is 0.333. The predicted molar refractivity (Wildman–Crippen MR) is 106 cm³/mol. The number of ether oxygens (including phenoxy) is 1. The van der Waals surface area contributed by atoms with Crippen LogP contribution in [0.1, 0.15) is 46.9 Å². The fourth-order valence-corrected chi connectivity index (χ4v) is 3.36. The summed E-state index contributed by atoms with van der Waals surface area (Å²) in [5.74, 6) is 0.696. The number of carbonyl (C=O) groups is 2. The zero-order valence-corrected chi connectivity index (χ0v) is 16.3. The molecule has 2 aromatic rings. The largest absolute Gasteiger partial charge is 0.465 e. The maximum Gasteiger partial charge on any atom is 0.337 e. The van der Waals surface area contributed by atoms with Crippen molar-refractivity contribution in [2.24, 2.45) is 0 Å². The van der Waals surface area contributed by atoms with Crippen molar-refractivity contribution in [3.8, 4) is 0 Å². The first-order valence-electron chi connectivity index (χ1n) is 8.66. The highest BCUT2D eigenvalue weighted by Crippen LogP contribution is 2.16. The summed E-state index contributed by atoms with van der Waals surface area (Å²) < 4.78 is 4.72. The second kappa shape index (κ2) is 10.0. The summed E-state index contributed by atoms with van der Waals surface area (Å²) in [7, 11) is 1.37. The highest BCUT2D eigenvalue weighted by Gasteiger charge is 2.10. The Kier molecular flexibility index (Phi) is 7.73. The van der Waals surface area contributed by atoms with E-state index >= 15 is 0 Å². The van der Waals surface area contributed by atoms with Crippen molar-refractivity contribution in [1.82, 2.24) is 5.32 Å². The molecule has 1 amide bonds. The van der Waals surface area contributed by atoms with E-state index in [1.54, 1.807) is 12.1 Å². The van der Waals surface area contributed by atoms with Crippen LogP contribution in [0, 0.1) is 0 Å². The summed E-state index contributed by atoms with van der Waals surface area (Å²) >= 11 is 1.52. The summed E-state index contributed by atoms with van der Waals surface area (Å²) in [5.41, 5.74) is 3.91. The van der Waals surface area contributed by atoms with E-state index in [9.17, 15) is 9.59 Å². The second-order valence-corrected chi connectivity index (χ2v) is 7.05. The van der Waals surface area contributed by atoms with Crippen LogP contribution in [0.2, 0.25) is 0 Å². The van der Waals surface area contributed by atoms with Gasteiger partial charge in [0.1, 0.15) is 0 Å². The highest BCUT2D eigenvalue weighted by atomic mass is 32.2. The van der Waals surface area contributed by atoms with Gasteiger partial charge in [-0.2, -0.15) is 0 Å². The minimum atomic E-state index is -0.350. The summed E-state index contributed by atoms with van der Waals surface area (Å²) in [6, 6.07) is 15.6. The molecule has 0 aliphatic heterocycles. The maximum atomic E-state index is 12.2. The van der Waals surface area contributed by atoms with Crippen LogP contribution in [0.25, 0.3) is 0 Å². The molecule has 0 saturated carbocycles. The molecule has 0 radical (unpaired) electrons. The Hall–Kier alpha value is -2.27. The average Bonchev–Trinajstić information content (AvgIpc) is 2.67. The van der Waals surface area contributed by atoms with Gasteiger partial charge in [-0.15, -0.1) is 11.8 Å². The van der Waals surface area contributed by atoms with Crippen LogP contribution in [0.15, 0.2) is 48.5 Å². The number of rotatable bonds is 8. The smallest absolute Gasteiger partial charge is 0.337 e. The Bertz CT molecular complexity index is 743. The third-order valence-corrected chi connectivity index (χ3v) is 5.12. The topological polar surface area (TPSA) is 55.4 Å². The molecule has 0 saturated heterocycles. The Morgan fingerprint density at radius 3 is 2.50 bits per heavy atom. The number of carbonyl (C=O) groups excluding carboxylic acids is 2. The first-order chi connectivity index (χ1) is 12.5. The lowest BCUT2D eigenvalue weighted by Gasteiger charge is -2.14. The van der Waals surface area contributed by atoms with Crippen LogP contribution in [0.4, 0.5) is 0 Å². The molecule has 5 heteroatoms. The number of benzene rings is 2. The van der Waals surface area contributed by atoms with Crippen LogP contribution in [-0.2, 0) is 21.7 Å². The van der Waals surface area contributed by atoms with Crippen LogP contribution in [0.3, 0.4) is 0 Å². The predicted octanol–water partition coefficient (Wildman–Crippen LogP) is 4.15.